The third-order valence-electron chi connectivity index (χ3n) is 4.18. The molecule has 0 aliphatic carbocycles. The van der Waals surface area contributed by atoms with Crippen molar-refractivity contribution >= 4 is 48.8 Å². The maximum Gasteiger partial charge on any atom is 0.255 e. The number of phenolic OH excluding ortho intramolecular Hbond substituents is 1. The number of hydrazone groups is 1. The summed E-state index contributed by atoms with van der Waals surface area (Å²) in [6.45, 7) is -0.406. The van der Waals surface area contributed by atoms with Crippen LogP contribution in [0.1, 0.15) is 5.56 Å². The highest BCUT2D eigenvalue weighted by Crippen LogP contribution is 2.21. The summed E-state index contributed by atoms with van der Waals surface area (Å²) in [4.78, 5) is 12.2. The first-order valence-corrected chi connectivity index (χ1v) is 10.8. The van der Waals surface area contributed by atoms with Crippen molar-refractivity contribution in [3.63, 3.8) is 0 Å². The summed E-state index contributed by atoms with van der Waals surface area (Å²) in [7, 11) is -2.51. The first kappa shape index (κ1) is 21.0. The van der Waals surface area contributed by atoms with E-state index in [0.717, 1.165) is 19.6 Å². The highest BCUT2D eigenvalue weighted by Gasteiger charge is 2.23. The van der Waals surface area contributed by atoms with Crippen molar-refractivity contribution < 1.29 is 18.3 Å². The SMILES string of the molecule is CN(CC(=O)NN=Cc1cc(Br)ccc1O)S(=O)(=O)c1ccc2ccccc2c1. The molecule has 0 bridgehead atoms. The molecule has 0 aromatic heterocycles. The van der Waals surface area contributed by atoms with E-state index in [4.69, 9.17) is 0 Å². The molecule has 3 rings (SSSR count). The van der Waals surface area contributed by atoms with Gasteiger partial charge >= 0.3 is 0 Å². The minimum absolute atomic E-state index is 0.00204. The van der Waals surface area contributed by atoms with Gasteiger partial charge in [-0.05, 0) is 41.1 Å². The van der Waals surface area contributed by atoms with Crippen molar-refractivity contribution in [3.05, 3.63) is 70.7 Å². The van der Waals surface area contributed by atoms with Crippen molar-refractivity contribution in [1.82, 2.24) is 9.73 Å². The zero-order chi connectivity index (χ0) is 21.0. The van der Waals surface area contributed by atoms with E-state index in [-0.39, 0.29) is 10.6 Å². The van der Waals surface area contributed by atoms with Crippen LogP contribution in [0.3, 0.4) is 0 Å². The standard InChI is InChI=1S/C20H18BrN3O4S/c1-24(13-20(26)23-22-12-16-10-17(21)7-9-19(16)25)29(27,28)18-8-6-14-4-2-3-5-15(14)11-18/h2-12,25H,13H2,1H3,(H,23,26). The number of carbonyl (C=O) groups excluding carboxylic acids is 1. The van der Waals surface area contributed by atoms with Gasteiger partial charge < -0.3 is 5.11 Å². The van der Waals surface area contributed by atoms with E-state index in [9.17, 15) is 18.3 Å². The third-order valence-corrected chi connectivity index (χ3v) is 6.47. The normalized spacial score (nSPS) is 12.0. The predicted molar refractivity (Wildman–Crippen MR) is 115 cm³/mol. The molecule has 0 spiro atoms. The van der Waals surface area contributed by atoms with E-state index < -0.39 is 22.5 Å². The lowest BCUT2D eigenvalue weighted by Crippen LogP contribution is -2.36. The number of nitrogens with zero attached hydrogens (tertiary/aromatic N) is 2. The molecular formula is C20H18BrN3O4S. The number of amides is 1. The summed E-state index contributed by atoms with van der Waals surface area (Å²) < 4.78 is 27.2. The summed E-state index contributed by atoms with van der Waals surface area (Å²) in [5.41, 5.74) is 2.66. The summed E-state index contributed by atoms with van der Waals surface area (Å²) >= 11 is 3.28. The van der Waals surface area contributed by atoms with Crippen LogP contribution in [0.4, 0.5) is 0 Å². The number of hydrogen-bond donors (Lipinski definition) is 2. The Kier molecular flexibility index (Phi) is 6.31. The molecule has 0 saturated heterocycles. The molecule has 7 nitrogen and oxygen atoms in total. The Bertz CT molecular complexity index is 1200. The highest BCUT2D eigenvalue weighted by molar-refractivity contribution is 9.10. The minimum Gasteiger partial charge on any atom is -0.507 e. The maximum absolute atomic E-state index is 12.8. The van der Waals surface area contributed by atoms with Crippen LogP contribution in [-0.2, 0) is 14.8 Å². The Morgan fingerprint density at radius 2 is 1.86 bits per heavy atom. The quantitative estimate of drug-likeness (QED) is 0.422. The number of carbonyl (C=O) groups is 1. The van der Waals surface area contributed by atoms with Crippen molar-refractivity contribution in [3.8, 4) is 5.75 Å². The second-order valence-electron chi connectivity index (χ2n) is 6.27. The Morgan fingerprint density at radius 3 is 2.62 bits per heavy atom. The smallest absolute Gasteiger partial charge is 0.255 e. The monoisotopic (exact) mass is 475 g/mol. The molecular weight excluding hydrogens is 458 g/mol. The number of likely N-dealkylation sites (N-methyl/N-ethyl adjacent to an activating group) is 1. The van der Waals surface area contributed by atoms with Crippen LogP contribution in [0.15, 0.2) is 75.1 Å². The molecule has 0 aliphatic heterocycles. The Morgan fingerprint density at radius 1 is 1.14 bits per heavy atom. The van der Waals surface area contributed by atoms with E-state index in [2.05, 4.69) is 26.5 Å². The number of phenols is 1. The molecule has 0 heterocycles. The molecule has 0 atom stereocenters. The third kappa shape index (κ3) is 5.00. The molecule has 0 unspecified atom stereocenters. The summed E-state index contributed by atoms with van der Waals surface area (Å²) in [5.74, 6) is -0.607. The molecule has 0 saturated carbocycles. The minimum atomic E-state index is -3.84. The Balaban J connectivity index is 1.67. The molecule has 1 amide bonds. The highest BCUT2D eigenvalue weighted by atomic mass is 79.9. The van der Waals surface area contributed by atoms with Crippen molar-refractivity contribution in [2.24, 2.45) is 5.10 Å². The van der Waals surface area contributed by atoms with E-state index in [1.807, 2.05) is 24.3 Å². The lowest BCUT2D eigenvalue weighted by molar-refractivity contribution is -0.121. The number of rotatable bonds is 6. The van der Waals surface area contributed by atoms with Gasteiger partial charge in [0.15, 0.2) is 0 Å². The molecule has 0 radical (unpaired) electrons. The number of benzene rings is 3. The maximum atomic E-state index is 12.8. The summed E-state index contributed by atoms with van der Waals surface area (Å²) in [6, 6.07) is 17.0. The lowest BCUT2D eigenvalue weighted by atomic mass is 10.1. The number of fused-ring (bicyclic) bond motifs is 1. The van der Waals surface area contributed by atoms with Gasteiger partial charge in [-0.1, -0.05) is 46.3 Å². The summed E-state index contributed by atoms with van der Waals surface area (Å²) in [6.07, 6.45) is 1.27. The fourth-order valence-electron chi connectivity index (χ4n) is 2.63. The van der Waals surface area contributed by atoms with Gasteiger partial charge in [-0.3, -0.25) is 4.79 Å². The summed E-state index contributed by atoms with van der Waals surface area (Å²) in [5, 5.41) is 15.2. The van der Waals surface area contributed by atoms with Crippen LogP contribution in [0.25, 0.3) is 10.8 Å². The van der Waals surface area contributed by atoms with Crippen molar-refractivity contribution in [2.45, 2.75) is 4.90 Å². The van der Waals surface area contributed by atoms with Crippen molar-refractivity contribution in [1.29, 1.82) is 0 Å². The van der Waals surface area contributed by atoms with Crippen LogP contribution in [0.2, 0.25) is 0 Å². The van der Waals surface area contributed by atoms with Gasteiger partial charge in [-0.2, -0.15) is 9.41 Å². The van der Waals surface area contributed by atoms with E-state index >= 15 is 0 Å². The van der Waals surface area contributed by atoms with Gasteiger partial charge in [-0.15, -0.1) is 0 Å². The molecule has 150 valence electrons. The fourth-order valence-corrected chi connectivity index (χ4v) is 4.17. The number of halogens is 1. The molecule has 29 heavy (non-hydrogen) atoms. The fraction of sp³-hybridized carbons (Fsp3) is 0.100. The second-order valence-corrected chi connectivity index (χ2v) is 9.23. The molecule has 2 N–H and O–H groups in total. The predicted octanol–water partition coefficient (Wildman–Crippen LogP) is 3.08. The zero-order valence-electron chi connectivity index (χ0n) is 15.4. The first-order chi connectivity index (χ1) is 13.8. The number of nitrogens with one attached hydrogen (secondary N) is 1. The van der Waals surface area contributed by atoms with E-state index in [0.29, 0.717) is 5.56 Å². The largest absolute Gasteiger partial charge is 0.507 e. The van der Waals surface area contributed by atoms with Gasteiger partial charge in [0.25, 0.3) is 5.91 Å². The number of aromatic hydroxyl groups is 1. The van der Waals surface area contributed by atoms with Gasteiger partial charge in [0.05, 0.1) is 17.7 Å². The van der Waals surface area contributed by atoms with Crippen LogP contribution in [0.5, 0.6) is 5.75 Å². The molecule has 0 fully saturated rings. The molecule has 3 aromatic rings. The average molecular weight is 476 g/mol. The van der Waals surface area contributed by atoms with E-state index in [1.165, 1.54) is 25.4 Å². The number of sulfonamides is 1. The molecule has 9 heteroatoms. The first-order valence-electron chi connectivity index (χ1n) is 8.53. The second kappa shape index (κ2) is 8.73. The van der Waals surface area contributed by atoms with Crippen LogP contribution in [0, 0.1) is 0 Å². The van der Waals surface area contributed by atoms with Crippen molar-refractivity contribution in [2.75, 3.05) is 13.6 Å². The lowest BCUT2D eigenvalue weighted by Gasteiger charge is -2.16. The topological polar surface area (TPSA) is 99.1 Å². The Labute approximate surface area is 176 Å². The van der Waals surface area contributed by atoms with Gasteiger partial charge in [-0.25, -0.2) is 13.8 Å². The average Bonchev–Trinajstić information content (AvgIpc) is 2.70. The van der Waals surface area contributed by atoms with Gasteiger partial charge in [0.2, 0.25) is 10.0 Å². The van der Waals surface area contributed by atoms with Crippen LogP contribution < -0.4 is 5.43 Å². The number of hydrogen-bond acceptors (Lipinski definition) is 5. The molecule has 0 aliphatic rings. The van der Waals surface area contributed by atoms with Crippen LogP contribution >= 0.6 is 15.9 Å². The van der Waals surface area contributed by atoms with Gasteiger partial charge in [0, 0.05) is 17.1 Å². The van der Waals surface area contributed by atoms with Gasteiger partial charge in [0.1, 0.15) is 5.75 Å². The van der Waals surface area contributed by atoms with E-state index in [1.54, 1.807) is 24.3 Å². The zero-order valence-corrected chi connectivity index (χ0v) is 17.8. The Hall–Kier alpha value is -2.75. The van der Waals surface area contributed by atoms with Crippen LogP contribution in [-0.4, -0.2) is 43.5 Å². The molecule has 3 aromatic carbocycles.